The molecule has 0 spiro atoms. The maximum Gasteiger partial charge on any atom is 0.338 e. The van der Waals surface area contributed by atoms with Gasteiger partial charge < -0.3 is 9.47 Å². The third-order valence-electron chi connectivity index (χ3n) is 5.43. The molecular weight excluding hydrogens is 690 g/mol. The molecule has 0 fully saturated rings. The summed E-state index contributed by atoms with van der Waals surface area (Å²) in [4.78, 5) is 31.9. The number of carbonyl (C=O) groups excluding carboxylic acids is 1. The molecule has 3 aromatic rings. The Morgan fingerprint density at radius 2 is 2.00 bits per heavy atom. The molecule has 0 radical (unpaired) electrons. The highest BCUT2D eigenvalue weighted by Gasteiger charge is 2.33. The molecule has 2 aromatic carbocycles. The fraction of sp³-hybridized carbons (Fsp3) is 0.192. The Kier molecular flexibility index (Phi) is 8.27. The molecule has 1 aliphatic heterocycles. The normalized spacial score (nSPS) is 15.4. The number of thiazole rings is 1. The van der Waals surface area contributed by atoms with E-state index in [9.17, 15) is 9.59 Å². The number of esters is 1. The van der Waals surface area contributed by atoms with E-state index < -0.39 is 12.0 Å². The van der Waals surface area contributed by atoms with Crippen LogP contribution in [0.2, 0.25) is 0 Å². The van der Waals surface area contributed by atoms with Gasteiger partial charge in [0.25, 0.3) is 5.56 Å². The lowest BCUT2D eigenvalue weighted by Crippen LogP contribution is -2.40. The number of methoxy groups -OCH3 is 1. The summed E-state index contributed by atoms with van der Waals surface area (Å²) in [5.74, 6) is 0.210. The molecule has 0 saturated carbocycles. The number of fused-ring (bicyclic) bond motifs is 1. The second kappa shape index (κ2) is 11.2. The number of ether oxygens (including phenoxy) is 2. The highest BCUT2D eigenvalue weighted by Crippen LogP contribution is 2.32. The smallest absolute Gasteiger partial charge is 0.338 e. The van der Waals surface area contributed by atoms with Crippen LogP contribution in [0.15, 0.2) is 76.2 Å². The van der Waals surface area contributed by atoms with Crippen molar-refractivity contribution in [3.63, 3.8) is 0 Å². The number of allylic oxidation sites excluding steroid dienone is 1. The molecule has 1 aromatic heterocycles. The van der Waals surface area contributed by atoms with Gasteiger partial charge in [-0.15, -0.1) is 0 Å². The SMILES string of the molecule is C=CCOc1c(I)cc(I)cc1/C=c1/sc2n(c1=O)[C@@H](c1ccccc1)C(C(=O)OC)=C(CC)N=2. The largest absolute Gasteiger partial charge is 0.488 e. The molecule has 1 atom stereocenters. The van der Waals surface area contributed by atoms with E-state index in [1.165, 1.54) is 18.4 Å². The van der Waals surface area contributed by atoms with E-state index in [2.05, 4.69) is 51.8 Å². The molecule has 1 aliphatic rings. The number of carbonyl (C=O) groups is 1. The van der Waals surface area contributed by atoms with Crippen LogP contribution in [0.5, 0.6) is 5.75 Å². The molecule has 35 heavy (non-hydrogen) atoms. The lowest BCUT2D eigenvalue weighted by Gasteiger charge is -2.25. The van der Waals surface area contributed by atoms with Crippen molar-refractivity contribution in [1.29, 1.82) is 0 Å². The molecule has 0 aliphatic carbocycles. The Bertz CT molecular complexity index is 1510. The molecule has 0 N–H and O–H groups in total. The molecular formula is C26H22I2N2O4S. The van der Waals surface area contributed by atoms with Crippen molar-refractivity contribution in [3.05, 3.63) is 104 Å². The predicted molar refractivity (Wildman–Crippen MR) is 154 cm³/mol. The Balaban J connectivity index is 1.99. The minimum absolute atomic E-state index is 0.220. The van der Waals surface area contributed by atoms with Gasteiger partial charge in [-0.3, -0.25) is 9.36 Å². The monoisotopic (exact) mass is 712 g/mol. The van der Waals surface area contributed by atoms with E-state index in [4.69, 9.17) is 14.5 Å². The van der Waals surface area contributed by atoms with Crippen molar-refractivity contribution >= 4 is 68.6 Å². The topological polar surface area (TPSA) is 69.9 Å². The van der Waals surface area contributed by atoms with Crippen LogP contribution in [0.1, 0.15) is 30.5 Å². The quantitative estimate of drug-likeness (QED) is 0.205. The number of benzene rings is 2. The Hall–Kier alpha value is -2.25. The zero-order chi connectivity index (χ0) is 25.1. The lowest BCUT2D eigenvalue weighted by atomic mass is 9.95. The van der Waals surface area contributed by atoms with Gasteiger partial charge >= 0.3 is 5.97 Å². The van der Waals surface area contributed by atoms with Gasteiger partial charge in [0.15, 0.2) is 4.80 Å². The van der Waals surface area contributed by atoms with Gasteiger partial charge in [-0.25, -0.2) is 9.79 Å². The Labute approximate surface area is 234 Å². The van der Waals surface area contributed by atoms with Gasteiger partial charge in [0.2, 0.25) is 0 Å². The van der Waals surface area contributed by atoms with Crippen LogP contribution in [0.4, 0.5) is 0 Å². The summed E-state index contributed by atoms with van der Waals surface area (Å²) in [7, 11) is 1.35. The summed E-state index contributed by atoms with van der Waals surface area (Å²) in [5, 5.41) is 0. The third-order valence-corrected chi connectivity index (χ3v) is 7.84. The van der Waals surface area contributed by atoms with Crippen molar-refractivity contribution in [3.8, 4) is 5.75 Å². The lowest BCUT2D eigenvalue weighted by molar-refractivity contribution is -0.136. The van der Waals surface area contributed by atoms with Gasteiger partial charge in [-0.1, -0.05) is 61.2 Å². The maximum atomic E-state index is 13.8. The average Bonchev–Trinajstić information content (AvgIpc) is 3.16. The molecule has 0 amide bonds. The molecule has 4 rings (SSSR count). The molecule has 6 nitrogen and oxygen atoms in total. The maximum absolute atomic E-state index is 13.8. The van der Waals surface area contributed by atoms with Crippen molar-refractivity contribution in [1.82, 2.24) is 4.57 Å². The fourth-order valence-corrected chi connectivity index (χ4v) is 6.99. The zero-order valence-corrected chi connectivity index (χ0v) is 24.2. The van der Waals surface area contributed by atoms with E-state index in [1.54, 1.807) is 10.6 Å². The number of nitrogens with zero attached hydrogens (tertiary/aromatic N) is 2. The van der Waals surface area contributed by atoms with Crippen molar-refractivity contribution in [2.75, 3.05) is 13.7 Å². The first-order valence-electron chi connectivity index (χ1n) is 10.8. The third kappa shape index (κ3) is 5.17. The minimum Gasteiger partial charge on any atom is -0.488 e. The molecule has 0 unspecified atom stereocenters. The molecule has 0 bridgehead atoms. The van der Waals surface area contributed by atoms with Crippen LogP contribution in [0.25, 0.3) is 6.08 Å². The zero-order valence-electron chi connectivity index (χ0n) is 19.1. The number of hydrogen-bond donors (Lipinski definition) is 0. The number of rotatable bonds is 7. The second-order valence-electron chi connectivity index (χ2n) is 7.60. The van der Waals surface area contributed by atoms with E-state index >= 15 is 0 Å². The van der Waals surface area contributed by atoms with Gasteiger partial charge in [-0.05, 0) is 75.4 Å². The van der Waals surface area contributed by atoms with Gasteiger partial charge in [0.1, 0.15) is 12.4 Å². The van der Waals surface area contributed by atoms with E-state index in [0.29, 0.717) is 39.4 Å². The molecule has 0 saturated heterocycles. The highest BCUT2D eigenvalue weighted by atomic mass is 127. The van der Waals surface area contributed by atoms with Crippen molar-refractivity contribution in [2.24, 2.45) is 4.99 Å². The average molecular weight is 712 g/mol. The standard InChI is InChI=1S/C26H22I2N2O4S/c1-4-11-34-23-16(12-17(27)14-18(23)28)13-20-24(31)30-22(15-9-7-6-8-10-15)21(25(32)33-3)19(5-2)29-26(30)35-20/h4,6-10,12-14,22H,1,5,11H2,2-3H3/b20-13+/t22-/m0/s1. The summed E-state index contributed by atoms with van der Waals surface area (Å²) < 4.78 is 15.1. The van der Waals surface area contributed by atoms with Crippen LogP contribution in [0.3, 0.4) is 0 Å². The fourth-order valence-electron chi connectivity index (χ4n) is 3.94. The van der Waals surface area contributed by atoms with E-state index in [1.807, 2.05) is 55.5 Å². The van der Waals surface area contributed by atoms with Gasteiger partial charge in [0.05, 0.1) is 32.5 Å². The summed E-state index contributed by atoms with van der Waals surface area (Å²) in [6.45, 7) is 6.03. The molecule has 9 heteroatoms. The van der Waals surface area contributed by atoms with Crippen LogP contribution in [-0.4, -0.2) is 24.3 Å². The first kappa shape index (κ1) is 25.8. The van der Waals surface area contributed by atoms with Crippen LogP contribution < -0.4 is 19.6 Å². The van der Waals surface area contributed by atoms with Crippen LogP contribution in [0, 0.1) is 7.14 Å². The van der Waals surface area contributed by atoms with Crippen LogP contribution >= 0.6 is 56.5 Å². The van der Waals surface area contributed by atoms with Crippen molar-refractivity contribution in [2.45, 2.75) is 19.4 Å². The second-order valence-corrected chi connectivity index (χ2v) is 11.0. The Morgan fingerprint density at radius 3 is 2.66 bits per heavy atom. The first-order valence-corrected chi connectivity index (χ1v) is 13.8. The van der Waals surface area contributed by atoms with Crippen LogP contribution in [-0.2, 0) is 9.53 Å². The number of aromatic nitrogens is 1. The van der Waals surface area contributed by atoms with Gasteiger partial charge in [-0.2, -0.15) is 0 Å². The summed E-state index contributed by atoms with van der Waals surface area (Å²) in [6, 6.07) is 12.9. The van der Waals surface area contributed by atoms with Crippen molar-refractivity contribution < 1.29 is 14.3 Å². The Morgan fingerprint density at radius 1 is 1.26 bits per heavy atom. The summed E-state index contributed by atoms with van der Waals surface area (Å²) >= 11 is 5.78. The molecule has 2 heterocycles. The summed E-state index contributed by atoms with van der Waals surface area (Å²) in [6.07, 6.45) is 4.06. The van der Waals surface area contributed by atoms with E-state index in [-0.39, 0.29) is 5.56 Å². The highest BCUT2D eigenvalue weighted by molar-refractivity contribution is 14.1. The minimum atomic E-state index is -0.621. The van der Waals surface area contributed by atoms with E-state index in [0.717, 1.165) is 18.3 Å². The van der Waals surface area contributed by atoms with Gasteiger partial charge in [0, 0.05) is 9.13 Å². The first-order chi connectivity index (χ1) is 16.9. The summed E-state index contributed by atoms with van der Waals surface area (Å²) in [5.41, 5.74) is 2.41. The number of hydrogen-bond acceptors (Lipinski definition) is 6. The number of halogens is 2. The predicted octanol–water partition coefficient (Wildman–Crippen LogP) is 4.57. The molecule has 180 valence electrons.